The van der Waals surface area contributed by atoms with Crippen molar-refractivity contribution in [3.05, 3.63) is 40.4 Å². The highest BCUT2D eigenvalue weighted by atomic mass is 35.5. The van der Waals surface area contributed by atoms with Gasteiger partial charge < -0.3 is 10.1 Å². The fourth-order valence-electron chi connectivity index (χ4n) is 2.75. The number of alkyl carbamates (subject to hydrolysis) is 1. The Hall–Kier alpha value is -1.91. The van der Waals surface area contributed by atoms with Gasteiger partial charge in [-0.05, 0) is 45.7 Å². The molecule has 168 valence electrons. The first-order valence-electron chi connectivity index (χ1n) is 9.96. The zero-order chi connectivity index (χ0) is 22.4. The lowest BCUT2D eigenvalue weighted by molar-refractivity contribution is 0.0527. The highest BCUT2D eigenvalue weighted by molar-refractivity contribution is 8.00. The number of benzene rings is 1. The first-order valence-corrected chi connectivity index (χ1v) is 12.1. The Morgan fingerprint density at radius 2 is 2.10 bits per heavy atom. The van der Waals surface area contributed by atoms with Gasteiger partial charge in [-0.25, -0.2) is 9.18 Å². The molecule has 11 heteroatoms. The zero-order valence-electron chi connectivity index (χ0n) is 17.7. The number of unbranched alkanes of at least 4 members (excludes halogenated alkanes) is 2. The van der Waals surface area contributed by atoms with E-state index in [1.807, 2.05) is 20.8 Å². The number of aromatic nitrogens is 4. The van der Waals surface area contributed by atoms with Gasteiger partial charge in [0.15, 0.2) is 10.2 Å². The van der Waals surface area contributed by atoms with Gasteiger partial charge in [0.2, 0.25) is 4.96 Å². The fourth-order valence-corrected chi connectivity index (χ4v) is 4.99. The minimum absolute atomic E-state index is 0.315. The Morgan fingerprint density at radius 1 is 1.29 bits per heavy atom. The molecule has 3 aromatic rings. The van der Waals surface area contributed by atoms with Crippen LogP contribution in [0.4, 0.5) is 9.18 Å². The first-order chi connectivity index (χ1) is 14.7. The normalized spacial score (nSPS) is 11.8. The lowest BCUT2D eigenvalue weighted by atomic mass is 10.2. The molecule has 0 saturated carbocycles. The molecule has 0 saturated heterocycles. The van der Waals surface area contributed by atoms with Gasteiger partial charge >= 0.3 is 6.09 Å². The maximum atomic E-state index is 13.9. The number of ether oxygens (including phenoxy) is 1. The van der Waals surface area contributed by atoms with Gasteiger partial charge in [-0.15, -0.1) is 15.3 Å². The number of rotatable bonds is 9. The molecular formula is C20H25ClFN5O2S2. The molecule has 0 aliphatic carbocycles. The molecule has 1 N–H and O–H groups in total. The van der Waals surface area contributed by atoms with Gasteiger partial charge in [-0.3, -0.25) is 0 Å². The van der Waals surface area contributed by atoms with Gasteiger partial charge in [0.25, 0.3) is 0 Å². The lowest BCUT2D eigenvalue weighted by Crippen LogP contribution is -2.32. The van der Waals surface area contributed by atoms with Crippen LogP contribution >= 0.6 is 34.7 Å². The molecular weight excluding hydrogens is 461 g/mol. The van der Waals surface area contributed by atoms with Gasteiger partial charge in [-0.2, -0.15) is 4.52 Å². The average Bonchev–Trinajstić information content (AvgIpc) is 3.23. The van der Waals surface area contributed by atoms with Crippen LogP contribution < -0.4 is 5.32 Å². The number of carbonyl (C=O) groups is 1. The molecule has 2 aromatic heterocycles. The van der Waals surface area contributed by atoms with Crippen molar-refractivity contribution < 1.29 is 13.9 Å². The number of hydrogen-bond acceptors (Lipinski definition) is 7. The van der Waals surface area contributed by atoms with Crippen molar-refractivity contribution >= 4 is 45.8 Å². The Balaban J connectivity index is 1.44. The van der Waals surface area contributed by atoms with Gasteiger partial charge in [-0.1, -0.05) is 47.2 Å². The van der Waals surface area contributed by atoms with E-state index in [2.05, 4.69) is 20.6 Å². The lowest BCUT2D eigenvalue weighted by Gasteiger charge is -2.19. The van der Waals surface area contributed by atoms with E-state index in [9.17, 15) is 9.18 Å². The summed E-state index contributed by atoms with van der Waals surface area (Å²) in [6.07, 6.45) is 3.03. The van der Waals surface area contributed by atoms with Crippen molar-refractivity contribution in [2.75, 3.05) is 6.54 Å². The molecule has 31 heavy (non-hydrogen) atoms. The first kappa shape index (κ1) is 23.7. The summed E-state index contributed by atoms with van der Waals surface area (Å²) in [6, 6.07) is 4.68. The van der Waals surface area contributed by atoms with E-state index in [1.54, 1.807) is 16.6 Å². The number of amides is 1. The highest BCUT2D eigenvalue weighted by Gasteiger charge is 2.16. The van der Waals surface area contributed by atoms with Crippen molar-refractivity contribution in [1.82, 2.24) is 25.1 Å². The summed E-state index contributed by atoms with van der Waals surface area (Å²) >= 11 is 8.93. The van der Waals surface area contributed by atoms with Crippen LogP contribution in [0.1, 0.15) is 51.4 Å². The number of nitrogens with zero attached hydrogens (tertiary/aromatic N) is 4. The van der Waals surface area contributed by atoms with E-state index in [0.29, 0.717) is 27.8 Å². The van der Waals surface area contributed by atoms with Crippen molar-refractivity contribution in [3.8, 4) is 0 Å². The summed E-state index contributed by atoms with van der Waals surface area (Å²) in [7, 11) is 0. The van der Waals surface area contributed by atoms with Crippen LogP contribution in [-0.2, 0) is 16.9 Å². The predicted molar refractivity (Wildman–Crippen MR) is 121 cm³/mol. The molecule has 1 amide bonds. The quantitative estimate of drug-likeness (QED) is 0.318. The number of nitrogens with one attached hydrogen (secondary N) is 1. The van der Waals surface area contributed by atoms with E-state index in [1.165, 1.54) is 29.2 Å². The van der Waals surface area contributed by atoms with Crippen molar-refractivity contribution in [1.29, 1.82) is 0 Å². The van der Waals surface area contributed by atoms with Crippen LogP contribution in [-0.4, -0.2) is 38.1 Å². The van der Waals surface area contributed by atoms with Crippen LogP contribution in [0.3, 0.4) is 0 Å². The van der Waals surface area contributed by atoms with Crippen molar-refractivity contribution in [3.63, 3.8) is 0 Å². The number of thioether (sulfide) groups is 1. The topological polar surface area (TPSA) is 81.4 Å². The Bertz CT molecular complexity index is 1010. The Kier molecular flexibility index (Phi) is 8.12. The molecule has 2 heterocycles. The maximum Gasteiger partial charge on any atom is 0.407 e. The molecule has 7 nitrogen and oxygen atoms in total. The molecule has 0 fully saturated rings. The zero-order valence-corrected chi connectivity index (χ0v) is 20.0. The van der Waals surface area contributed by atoms with Crippen LogP contribution in [0, 0.1) is 5.82 Å². The molecule has 0 atom stereocenters. The molecule has 0 aliphatic rings. The number of fused-ring (bicyclic) bond motifs is 1. The fraction of sp³-hybridized carbons (Fsp3) is 0.500. The number of aryl methyl sites for hydroxylation is 1. The summed E-state index contributed by atoms with van der Waals surface area (Å²) in [5, 5.41) is 16.1. The van der Waals surface area contributed by atoms with Crippen LogP contribution in [0.25, 0.3) is 4.96 Å². The van der Waals surface area contributed by atoms with E-state index in [4.69, 9.17) is 16.3 Å². The van der Waals surface area contributed by atoms with Crippen molar-refractivity contribution in [2.24, 2.45) is 0 Å². The number of hydrogen-bond donors (Lipinski definition) is 1. The van der Waals surface area contributed by atoms with E-state index in [0.717, 1.165) is 35.8 Å². The Morgan fingerprint density at radius 3 is 2.84 bits per heavy atom. The standard InChI is InChI=1S/C20H25ClFN5O2S2/c1-20(2,3)29-18(28)23-11-6-4-5-10-16-24-25-17-27(16)26-19(31-17)30-12-13-14(21)8-7-9-15(13)22/h7-9H,4-6,10-12H2,1-3H3,(H,23,28). The minimum atomic E-state index is -0.491. The van der Waals surface area contributed by atoms with E-state index >= 15 is 0 Å². The predicted octanol–water partition coefficient (Wildman–Crippen LogP) is 5.51. The molecule has 0 spiro atoms. The SMILES string of the molecule is CC(C)(C)OC(=O)NCCCCCc1nnc2sc(SCc3c(F)cccc3Cl)nn12. The second kappa shape index (κ2) is 10.6. The highest BCUT2D eigenvalue weighted by Crippen LogP contribution is 2.31. The third kappa shape index (κ3) is 7.05. The third-order valence-electron chi connectivity index (χ3n) is 4.18. The van der Waals surface area contributed by atoms with Crippen LogP contribution in [0.2, 0.25) is 5.02 Å². The molecule has 0 bridgehead atoms. The summed E-state index contributed by atoms with van der Waals surface area (Å²) < 4.78 is 21.7. The smallest absolute Gasteiger partial charge is 0.407 e. The minimum Gasteiger partial charge on any atom is -0.444 e. The number of carbonyl (C=O) groups excluding carboxylic acids is 1. The largest absolute Gasteiger partial charge is 0.444 e. The van der Waals surface area contributed by atoms with Crippen LogP contribution in [0.15, 0.2) is 22.5 Å². The van der Waals surface area contributed by atoms with Gasteiger partial charge in [0.1, 0.15) is 11.4 Å². The molecule has 3 rings (SSSR count). The van der Waals surface area contributed by atoms with Gasteiger partial charge in [0.05, 0.1) is 0 Å². The Labute approximate surface area is 193 Å². The average molecular weight is 486 g/mol. The van der Waals surface area contributed by atoms with Gasteiger partial charge in [0, 0.05) is 29.3 Å². The molecule has 0 unspecified atom stereocenters. The van der Waals surface area contributed by atoms with Crippen molar-refractivity contribution in [2.45, 2.75) is 62.1 Å². The van der Waals surface area contributed by atoms with E-state index in [-0.39, 0.29) is 5.82 Å². The molecule has 0 radical (unpaired) electrons. The van der Waals surface area contributed by atoms with Crippen LogP contribution in [0.5, 0.6) is 0 Å². The second-order valence-corrected chi connectivity index (χ2v) is 10.5. The number of halogens is 2. The molecule has 1 aromatic carbocycles. The second-order valence-electron chi connectivity index (χ2n) is 7.91. The summed E-state index contributed by atoms with van der Waals surface area (Å²) in [6.45, 7) is 6.08. The third-order valence-corrected chi connectivity index (χ3v) is 6.60. The monoisotopic (exact) mass is 485 g/mol. The molecule has 0 aliphatic heterocycles. The summed E-state index contributed by atoms with van der Waals surface area (Å²) in [5.74, 6) is 0.877. The summed E-state index contributed by atoms with van der Waals surface area (Å²) in [5.41, 5.74) is -0.0182. The maximum absolute atomic E-state index is 13.9. The summed E-state index contributed by atoms with van der Waals surface area (Å²) in [4.78, 5) is 12.3. The van der Waals surface area contributed by atoms with E-state index < -0.39 is 11.7 Å².